The van der Waals surface area contributed by atoms with Gasteiger partial charge in [-0.3, -0.25) is 9.59 Å². The Bertz CT molecular complexity index is 2090. The third kappa shape index (κ3) is 6.08. The number of imidazole rings is 1. The van der Waals surface area contributed by atoms with Crippen LogP contribution in [0.25, 0.3) is 22.3 Å². The molecule has 2 aromatic heterocycles. The van der Waals surface area contributed by atoms with E-state index in [-0.39, 0.29) is 30.0 Å². The Hall–Kier alpha value is -4.97. The molecular weight excluding hydrogens is 681 g/mol. The molecule has 2 saturated heterocycles. The molecule has 1 atom stereocenters. The van der Waals surface area contributed by atoms with Crippen LogP contribution in [0.2, 0.25) is 0 Å². The Labute approximate surface area is 317 Å². The highest BCUT2D eigenvalue weighted by Gasteiger charge is 2.56. The standard InChI is InChI=1S/C42H52N8O4/c1-6-27(3)49-25-44-35-24-34(46-38(37(35)49)45-29-12-10-26(2)32(21-29)39(51)43-4)28-11-13-33-36(20-28)50(31-22-30(23-31)47-16-8-7-9-17-47)40(52)42(33)14-18-48(19-15-42)41(53)54-5/h10-13,20-21,24-25,27,30-31H,6-9,14-19,22-23H2,1-5H3,(H,43,51)(H,45,46)/t27-,30?,31?/m0/s1. The quantitative estimate of drug-likeness (QED) is 0.200. The van der Waals surface area contributed by atoms with Crippen LogP contribution in [0.1, 0.15) is 92.7 Å². The van der Waals surface area contributed by atoms with Crippen molar-refractivity contribution in [1.29, 1.82) is 0 Å². The van der Waals surface area contributed by atoms with Crippen molar-refractivity contribution in [2.24, 2.45) is 0 Å². The Morgan fingerprint density at radius 3 is 2.46 bits per heavy atom. The number of ether oxygens (including phenoxy) is 1. The van der Waals surface area contributed by atoms with Crippen molar-refractivity contribution in [2.45, 2.75) is 95.7 Å². The maximum atomic E-state index is 14.8. The Balaban J connectivity index is 1.19. The number of piperidine rings is 2. The topological polar surface area (TPSA) is 125 Å². The monoisotopic (exact) mass is 732 g/mol. The number of hydrogen-bond donors (Lipinski definition) is 2. The average molecular weight is 733 g/mol. The van der Waals surface area contributed by atoms with E-state index in [1.807, 2.05) is 37.5 Å². The van der Waals surface area contributed by atoms with Crippen LogP contribution in [0, 0.1) is 6.92 Å². The van der Waals surface area contributed by atoms with Gasteiger partial charge < -0.3 is 34.6 Å². The molecule has 12 heteroatoms. The van der Waals surface area contributed by atoms with Gasteiger partial charge in [0.25, 0.3) is 5.91 Å². The van der Waals surface area contributed by atoms with Crippen LogP contribution in [0.15, 0.2) is 48.8 Å². The van der Waals surface area contributed by atoms with E-state index in [9.17, 15) is 14.4 Å². The molecule has 3 fully saturated rings. The molecule has 54 heavy (non-hydrogen) atoms. The van der Waals surface area contributed by atoms with E-state index in [1.54, 1.807) is 11.9 Å². The fourth-order valence-corrected chi connectivity index (χ4v) is 9.19. The minimum atomic E-state index is -0.679. The minimum absolute atomic E-state index is 0.131. The zero-order valence-corrected chi connectivity index (χ0v) is 32.2. The number of pyridine rings is 1. The number of nitrogens with zero attached hydrogens (tertiary/aromatic N) is 6. The van der Waals surface area contributed by atoms with Gasteiger partial charge in [-0.2, -0.15) is 0 Å². The fraction of sp³-hybridized carbons (Fsp3) is 0.500. The zero-order chi connectivity index (χ0) is 37.7. The molecule has 2 aromatic carbocycles. The van der Waals surface area contributed by atoms with Gasteiger partial charge in [-0.25, -0.2) is 14.8 Å². The molecule has 0 radical (unpaired) electrons. The van der Waals surface area contributed by atoms with Crippen LogP contribution < -0.4 is 15.5 Å². The van der Waals surface area contributed by atoms with E-state index >= 15 is 0 Å². The van der Waals surface area contributed by atoms with E-state index in [0.29, 0.717) is 43.4 Å². The van der Waals surface area contributed by atoms with Gasteiger partial charge >= 0.3 is 6.09 Å². The molecule has 4 aliphatic rings. The van der Waals surface area contributed by atoms with Crippen molar-refractivity contribution in [3.05, 3.63) is 65.5 Å². The predicted molar refractivity (Wildman–Crippen MR) is 210 cm³/mol. The molecule has 0 unspecified atom stereocenters. The summed E-state index contributed by atoms with van der Waals surface area (Å²) in [6, 6.07) is 15.0. The van der Waals surface area contributed by atoms with E-state index in [1.165, 1.54) is 26.4 Å². The molecular formula is C42H52N8O4. The molecule has 0 bridgehead atoms. The Morgan fingerprint density at radius 1 is 1.00 bits per heavy atom. The molecule has 1 spiro atoms. The second-order valence-corrected chi connectivity index (χ2v) is 15.7. The second kappa shape index (κ2) is 14.4. The van der Waals surface area contributed by atoms with Crippen LogP contribution in [0.3, 0.4) is 0 Å². The molecule has 3 aliphatic heterocycles. The average Bonchev–Trinajstić information content (AvgIpc) is 3.72. The lowest BCUT2D eigenvalue weighted by molar-refractivity contribution is -0.126. The van der Waals surface area contributed by atoms with Crippen LogP contribution >= 0.6 is 0 Å². The van der Waals surface area contributed by atoms with Gasteiger partial charge in [-0.05, 0) is 107 Å². The van der Waals surface area contributed by atoms with Crippen molar-refractivity contribution in [1.82, 2.24) is 29.7 Å². The first-order valence-electron chi connectivity index (χ1n) is 19.7. The van der Waals surface area contributed by atoms with Gasteiger partial charge in [0, 0.05) is 60.8 Å². The number of anilines is 3. The molecule has 284 valence electrons. The first-order valence-corrected chi connectivity index (χ1v) is 19.7. The van der Waals surface area contributed by atoms with E-state index < -0.39 is 5.41 Å². The Morgan fingerprint density at radius 2 is 1.76 bits per heavy atom. The normalized spacial score (nSPS) is 21.5. The largest absolute Gasteiger partial charge is 0.453 e. The third-order valence-electron chi connectivity index (χ3n) is 12.7. The lowest BCUT2D eigenvalue weighted by atomic mass is 9.73. The summed E-state index contributed by atoms with van der Waals surface area (Å²) in [4.78, 5) is 56.5. The number of fused-ring (bicyclic) bond motifs is 3. The second-order valence-electron chi connectivity index (χ2n) is 15.7. The number of methoxy groups -OCH3 is 1. The van der Waals surface area contributed by atoms with Crippen molar-refractivity contribution < 1.29 is 19.1 Å². The van der Waals surface area contributed by atoms with E-state index in [2.05, 4.69) is 57.0 Å². The van der Waals surface area contributed by atoms with Crippen LogP contribution in [-0.2, 0) is 14.9 Å². The first-order chi connectivity index (χ1) is 26.1. The first kappa shape index (κ1) is 36.0. The van der Waals surface area contributed by atoms with Crippen molar-refractivity contribution in [2.75, 3.05) is 50.6 Å². The number of nitrogens with one attached hydrogen (secondary N) is 2. The molecule has 8 rings (SSSR count). The molecule has 12 nitrogen and oxygen atoms in total. The number of aromatic nitrogens is 3. The van der Waals surface area contributed by atoms with E-state index in [4.69, 9.17) is 14.7 Å². The number of amides is 3. The Kier molecular flexibility index (Phi) is 9.58. The lowest BCUT2D eigenvalue weighted by Gasteiger charge is -2.48. The summed E-state index contributed by atoms with van der Waals surface area (Å²) < 4.78 is 7.19. The third-order valence-corrected chi connectivity index (χ3v) is 12.7. The summed E-state index contributed by atoms with van der Waals surface area (Å²) >= 11 is 0. The summed E-state index contributed by atoms with van der Waals surface area (Å²) in [5, 5.41) is 6.30. The van der Waals surface area contributed by atoms with Crippen LogP contribution in [-0.4, -0.2) is 94.7 Å². The summed E-state index contributed by atoms with van der Waals surface area (Å²) in [7, 11) is 3.04. The summed E-state index contributed by atoms with van der Waals surface area (Å²) in [6.07, 6.45) is 9.32. The molecule has 2 N–H and O–H groups in total. The van der Waals surface area contributed by atoms with Gasteiger partial charge in [0.1, 0.15) is 5.52 Å². The summed E-state index contributed by atoms with van der Waals surface area (Å²) in [5.41, 5.74) is 6.91. The van der Waals surface area contributed by atoms with Crippen molar-refractivity contribution in [3.8, 4) is 11.3 Å². The summed E-state index contributed by atoms with van der Waals surface area (Å²) in [5.74, 6) is 0.661. The molecule has 1 aliphatic carbocycles. The number of rotatable bonds is 8. The molecule has 5 heterocycles. The smallest absolute Gasteiger partial charge is 0.409 e. The minimum Gasteiger partial charge on any atom is -0.453 e. The van der Waals surface area contributed by atoms with Crippen LogP contribution in [0.4, 0.5) is 22.0 Å². The SMILES string of the molecule is CC[C@H](C)n1cnc2cc(-c3ccc4c(c3)N(C3CC(N5CCCCC5)C3)C(=O)C43CCN(C(=O)OC)CC3)nc(Nc3ccc(C)c(C(=O)NC)c3)c21. The lowest BCUT2D eigenvalue weighted by Crippen LogP contribution is -2.58. The van der Waals surface area contributed by atoms with Gasteiger partial charge in [0.05, 0.1) is 30.1 Å². The number of hydrogen-bond acceptors (Lipinski definition) is 8. The van der Waals surface area contributed by atoms with Crippen LogP contribution in [0.5, 0.6) is 0 Å². The maximum absolute atomic E-state index is 14.8. The highest BCUT2D eigenvalue weighted by molar-refractivity contribution is 6.09. The van der Waals surface area contributed by atoms with Crippen molar-refractivity contribution in [3.63, 3.8) is 0 Å². The van der Waals surface area contributed by atoms with Gasteiger partial charge in [-0.15, -0.1) is 0 Å². The van der Waals surface area contributed by atoms with Gasteiger partial charge in [-0.1, -0.05) is 31.5 Å². The van der Waals surface area contributed by atoms with E-state index in [0.717, 1.165) is 77.1 Å². The predicted octanol–water partition coefficient (Wildman–Crippen LogP) is 6.94. The maximum Gasteiger partial charge on any atom is 0.409 e. The van der Waals surface area contributed by atoms with Crippen molar-refractivity contribution >= 4 is 46.1 Å². The highest BCUT2D eigenvalue weighted by Crippen LogP contribution is 2.52. The van der Waals surface area contributed by atoms with Gasteiger partial charge in [0.2, 0.25) is 5.91 Å². The molecule has 1 saturated carbocycles. The zero-order valence-electron chi connectivity index (χ0n) is 32.2. The fourth-order valence-electron chi connectivity index (χ4n) is 9.19. The number of aryl methyl sites for hydroxylation is 1. The summed E-state index contributed by atoms with van der Waals surface area (Å²) in [6.45, 7) is 9.49. The number of carbonyl (C=O) groups excluding carboxylic acids is 3. The number of benzene rings is 2. The number of likely N-dealkylation sites (tertiary alicyclic amines) is 2. The highest BCUT2D eigenvalue weighted by atomic mass is 16.5. The molecule has 3 amide bonds. The van der Waals surface area contributed by atoms with Gasteiger partial charge in [0.15, 0.2) is 5.82 Å². The number of carbonyl (C=O) groups is 3. The molecule has 4 aromatic rings.